The van der Waals surface area contributed by atoms with Crippen LogP contribution >= 0.6 is 11.3 Å². The number of rotatable bonds is 3. The summed E-state index contributed by atoms with van der Waals surface area (Å²) < 4.78 is 29.6. The van der Waals surface area contributed by atoms with Crippen LogP contribution in [0, 0.1) is 0 Å². The molecule has 9 heteroatoms. The van der Waals surface area contributed by atoms with Crippen molar-refractivity contribution in [2.75, 3.05) is 7.11 Å². The first kappa shape index (κ1) is 11.5. The zero-order chi connectivity index (χ0) is 11.5. The predicted molar refractivity (Wildman–Crippen MR) is 52.0 cm³/mol. The first-order valence-corrected chi connectivity index (χ1v) is 5.82. The number of methoxy groups -OCH3 is 1. The molecule has 1 heterocycles. The van der Waals surface area contributed by atoms with Gasteiger partial charge in [-0.05, 0) is 17.0 Å². The third-order valence-corrected chi connectivity index (χ3v) is 3.63. The molecule has 0 saturated heterocycles. The lowest BCUT2D eigenvalue weighted by molar-refractivity contribution is 0.0602. The molecule has 0 aliphatic carbocycles. The third-order valence-electron chi connectivity index (χ3n) is 1.42. The number of carbonyl (C=O) groups excluding carboxylic acids is 1. The molecular weight excluding hydrogens is 242 g/mol. The van der Waals surface area contributed by atoms with Gasteiger partial charge in [-0.1, -0.05) is 0 Å². The molecule has 0 amide bonds. The molecule has 7 nitrogen and oxygen atoms in total. The lowest BCUT2D eigenvalue weighted by Crippen LogP contribution is -2.05. The monoisotopic (exact) mass is 247 g/mol. The van der Waals surface area contributed by atoms with Crippen LogP contribution in [0.15, 0.2) is 20.9 Å². The molecule has 0 unspecified atom stereocenters. The van der Waals surface area contributed by atoms with Crippen molar-refractivity contribution in [1.82, 2.24) is 0 Å². The number of esters is 1. The largest absolute Gasteiger partial charge is 0.465 e. The summed E-state index contributed by atoms with van der Waals surface area (Å²) in [6.45, 7) is 0. The van der Waals surface area contributed by atoms with Crippen molar-refractivity contribution < 1.29 is 17.9 Å². The summed E-state index contributed by atoms with van der Waals surface area (Å²) in [7, 11) is -3.00. The molecule has 1 aromatic heterocycles. The lowest BCUT2D eigenvalue weighted by Gasteiger charge is -1.98. The van der Waals surface area contributed by atoms with E-state index >= 15 is 0 Å². The highest BCUT2D eigenvalue weighted by Gasteiger charge is 2.23. The van der Waals surface area contributed by atoms with Gasteiger partial charge in [0.15, 0.2) is 0 Å². The van der Waals surface area contributed by atoms with Crippen molar-refractivity contribution in [3.63, 3.8) is 0 Å². The second kappa shape index (κ2) is 4.30. The quantitative estimate of drug-likeness (QED) is 0.349. The summed E-state index contributed by atoms with van der Waals surface area (Å²) in [6, 6.07) is 1.18. The third kappa shape index (κ3) is 2.27. The van der Waals surface area contributed by atoms with Crippen LogP contribution in [0.5, 0.6) is 0 Å². The number of azide groups is 1. The van der Waals surface area contributed by atoms with Crippen LogP contribution in [-0.4, -0.2) is 21.5 Å². The van der Waals surface area contributed by atoms with Gasteiger partial charge in [-0.15, -0.1) is 11.3 Å². The van der Waals surface area contributed by atoms with Crippen molar-refractivity contribution in [1.29, 1.82) is 0 Å². The van der Waals surface area contributed by atoms with E-state index in [2.05, 4.69) is 14.2 Å². The van der Waals surface area contributed by atoms with E-state index in [1.54, 1.807) is 0 Å². The fourth-order valence-electron chi connectivity index (χ4n) is 0.834. The van der Waals surface area contributed by atoms with Gasteiger partial charge >= 0.3 is 5.97 Å². The van der Waals surface area contributed by atoms with E-state index in [4.69, 9.17) is 5.53 Å². The summed E-state index contributed by atoms with van der Waals surface area (Å²) in [5.41, 5.74) is 8.05. The van der Waals surface area contributed by atoms with Gasteiger partial charge in [0.1, 0.15) is 9.77 Å². The van der Waals surface area contributed by atoms with Crippen molar-refractivity contribution in [2.45, 2.75) is 4.90 Å². The van der Waals surface area contributed by atoms with Gasteiger partial charge in [-0.25, -0.2) is 13.2 Å². The van der Waals surface area contributed by atoms with Crippen molar-refractivity contribution in [2.24, 2.45) is 4.52 Å². The van der Waals surface area contributed by atoms with E-state index in [0.717, 1.165) is 18.4 Å². The minimum absolute atomic E-state index is 0.107. The van der Waals surface area contributed by atoms with Gasteiger partial charge in [-0.3, -0.25) is 0 Å². The molecule has 1 aromatic rings. The number of sulfonamides is 1. The standard InChI is InChI=1S/C6H5N3O4S2/c1-13-6(10)5-4(2-3-14-5)15(11,12)9-8-7/h2-3H,1H3. The topological polar surface area (TPSA) is 109 Å². The summed E-state index contributed by atoms with van der Waals surface area (Å²) >= 11 is 0.898. The van der Waals surface area contributed by atoms with Crippen LogP contribution in [0.25, 0.3) is 10.4 Å². The van der Waals surface area contributed by atoms with Gasteiger partial charge < -0.3 is 4.74 Å². The maximum Gasteiger partial charge on any atom is 0.349 e. The van der Waals surface area contributed by atoms with Crippen LogP contribution in [0.1, 0.15) is 9.67 Å². The summed E-state index contributed by atoms with van der Waals surface area (Å²) in [5, 5.41) is 1.39. The molecule has 1 rings (SSSR count). The van der Waals surface area contributed by atoms with Gasteiger partial charge in [-0.2, -0.15) is 0 Å². The normalized spacial score (nSPS) is 10.5. The minimum Gasteiger partial charge on any atom is -0.465 e. The Balaban J connectivity index is 3.34. The van der Waals surface area contributed by atoms with E-state index in [9.17, 15) is 13.2 Å². The fraction of sp³-hybridized carbons (Fsp3) is 0.167. The van der Waals surface area contributed by atoms with Crippen LogP contribution in [-0.2, 0) is 14.8 Å². The molecule has 0 bridgehead atoms. The molecule has 0 aromatic carbocycles. The number of nitrogens with zero attached hydrogens (tertiary/aromatic N) is 3. The van der Waals surface area contributed by atoms with Gasteiger partial charge in [0.05, 0.1) is 7.11 Å². The Morgan fingerprint density at radius 1 is 1.67 bits per heavy atom. The highest BCUT2D eigenvalue weighted by Crippen LogP contribution is 2.24. The molecule has 0 atom stereocenters. The molecule has 0 saturated carbocycles. The Morgan fingerprint density at radius 2 is 2.33 bits per heavy atom. The molecule has 0 N–H and O–H groups in total. The van der Waals surface area contributed by atoms with E-state index < -0.39 is 16.0 Å². The van der Waals surface area contributed by atoms with Crippen LogP contribution < -0.4 is 0 Å². The maximum absolute atomic E-state index is 11.3. The summed E-state index contributed by atoms with van der Waals surface area (Å²) in [5.74, 6) is -0.781. The lowest BCUT2D eigenvalue weighted by atomic mass is 10.5. The SMILES string of the molecule is COC(=O)c1sccc1S(=O)(=O)N=[N+]=[N-]. The van der Waals surface area contributed by atoms with E-state index in [1.807, 2.05) is 0 Å². The molecular formula is C6H5N3O4S2. The van der Waals surface area contributed by atoms with Gasteiger partial charge in [0.25, 0.3) is 10.0 Å². The number of thiophene rings is 1. The summed E-state index contributed by atoms with van der Waals surface area (Å²) in [4.78, 5) is 12.9. The first-order chi connectivity index (χ1) is 7.03. The second-order valence-corrected chi connectivity index (χ2v) is 4.72. The van der Waals surface area contributed by atoms with Crippen molar-refractivity contribution in [3.05, 3.63) is 26.8 Å². The molecule has 0 aliphatic rings. The number of hydrogen-bond donors (Lipinski definition) is 0. The van der Waals surface area contributed by atoms with Crippen LogP contribution in [0.4, 0.5) is 0 Å². The Morgan fingerprint density at radius 3 is 2.87 bits per heavy atom. The molecule has 15 heavy (non-hydrogen) atoms. The molecule has 0 fully saturated rings. The average molecular weight is 247 g/mol. The molecule has 0 aliphatic heterocycles. The number of ether oxygens (including phenoxy) is 1. The highest BCUT2D eigenvalue weighted by molar-refractivity contribution is 7.90. The number of carbonyl (C=O) groups is 1. The Bertz CT molecular complexity index is 526. The fourth-order valence-corrected chi connectivity index (χ4v) is 2.83. The predicted octanol–water partition coefficient (Wildman–Crippen LogP) is 1.53. The minimum atomic E-state index is -4.13. The molecule has 0 radical (unpaired) electrons. The van der Waals surface area contributed by atoms with Crippen molar-refractivity contribution >= 4 is 27.3 Å². The van der Waals surface area contributed by atoms with E-state index in [1.165, 1.54) is 11.4 Å². The zero-order valence-electron chi connectivity index (χ0n) is 7.45. The highest BCUT2D eigenvalue weighted by atomic mass is 32.2. The van der Waals surface area contributed by atoms with Crippen molar-refractivity contribution in [3.8, 4) is 0 Å². The smallest absolute Gasteiger partial charge is 0.349 e. The first-order valence-electron chi connectivity index (χ1n) is 3.50. The van der Waals surface area contributed by atoms with Gasteiger partial charge in [0, 0.05) is 9.43 Å². The maximum atomic E-state index is 11.3. The number of hydrogen-bond acceptors (Lipinski definition) is 5. The second-order valence-electron chi connectivity index (χ2n) is 2.25. The van der Waals surface area contributed by atoms with E-state index in [-0.39, 0.29) is 9.77 Å². The molecule has 80 valence electrons. The Labute approximate surface area is 89.0 Å². The van der Waals surface area contributed by atoms with Crippen LogP contribution in [0.3, 0.4) is 0 Å². The Hall–Kier alpha value is -1.57. The Kier molecular flexibility index (Phi) is 3.30. The summed E-state index contributed by atoms with van der Waals surface area (Å²) in [6.07, 6.45) is 0. The zero-order valence-corrected chi connectivity index (χ0v) is 9.08. The van der Waals surface area contributed by atoms with Crippen LogP contribution in [0.2, 0.25) is 0 Å². The van der Waals surface area contributed by atoms with Gasteiger partial charge in [0.2, 0.25) is 0 Å². The average Bonchev–Trinajstić information content (AvgIpc) is 2.65. The van der Waals surface area contributed by atoms with E-state index in [0.29, 0.717) is 0 Å². The molecule has 0 spiro atoms.